The number of hydrogen-bond donors (Lipinski definition) is 3. The van der Waals surface area contributed by atoms with Gasteiger partial charge >= 0.3 is 5.97 Å². The number of carbonyl (C=O) groups is 2. The van der Waals surface area contributed by atoms with Crippen LogP contribution in [0.15, 0.2) is 0 Å². The number of carboxylic acids is 1. The monoisotopic (exact) mass is 202 g/mol. The first-order valence-electron chi connectivity index (χ1n) is 4.42. The van der Waals surface area contributed by atoms with Crippen LogP contribution in [-0.2, 0) is 9.59 Å². The summed E-state index contributed by atoms with van der Waals surface area (Å²) in [5, 5.41) is 18.1. The molecule has 0 aromatic heterocycles. The molecule has 3 atom stereocenters. The molecular formula is C8H14N2O4. The Balaban J connectivity index is 2.79. The number of rotatable bonds is 2. The molecule has 4 N–H and O–H groups in total. The van der Waals surface area contributed by atoms with Gasteiger partial charge in [-0.05, 0) is 13.3 Å². The number of aliphatic hydroxyl groups excluding tert-OH is 1. The highest BCUT2D eigenvalue weighted by Crippen LogP contribution is 2.18. The fraction of sp³-hybridized carbons (Fsp3) is 0.750. The first kappa shape index (κ1) is 10.9. The minimum absolute atomic E-state index is 0.249. The van der Waals surface area contributed by atoms with Crippen LogP contribution in [0, 0.1) is 0 Å². The van der Waals surface area contributed by atoms with Crippen LogP contribution in [0.25, 0.3) is 0 Å². The number of carboxylic acid groups (broad SMARTS) is 1. The summed E-state index contributed by atoms with van der Waals surface area (Å²) >= 11 is 0. The van der Waals surface area contributed by atoms with Crippen LogP contribution in [0.3, 0.4) is 0 Å². The van der Waals surface area contributed by atoms with Gasteiger partial charge in [0, 0.05) is 6.54 Å². The summed E-state index contributed by atoms with van der Waals surface area (Å²) < 4.78 is 0. The van der Waals surface area contributed by atoms with E-state index in [9.17, 15) is 14.7 Å². The van der Waals surface area contributed by atoms with E-state index < -0.39 is 30.1 Å². The lowest BCUT2D eigenvalue weighted by Gasteiger charge is -2.24. The van der Waals surface area contributed by atoms with E-state index in [-0.39, 0.29) is 13.0 Å². The number of aliphatic hydroxyl groups is 1. The Labute approximate surface area is 81.3 Å². The maximum Gasteiger partial charge on any atom is 0.329 e. The Hall–Kier alpha value is -1.14. The van der Waals surface area contributed by atoms with Crippen molar-refractivity contribution in [2.45, 2.75) is 31.5 Å². The Bertz CT molecular complexity index is 254. The molecule has 14 heavy (non-hydrogen) atoms. The van der Waals surface area contributed by atoms with E-state index in [1.807, 2.05) is 0 Å². The highest BCUT2D eigenvalue weighted by atomic mass is 16.4. The molecule has 1 fully saturated rings. The van der Waals surface area contributed by atoms with E-state index >= 15 is 0 Å². The second-order valence-corrected chi connectivity index (χ2v) is 3.46. The van der Waals surface area contributed by atoms with Crippen molar-refractivity contribution in [3.05, 3.63) is 0 Å². The van der Waals surface area contributed by atoms with Gasteiger partial charge in [-0.1, -0.05) is 0 Å². The Morgan fingerprint density at radius 2 is 2.14 bits per heavy atom. The van der Waals surface area contributed by atoms with Gasteiger partial charge in [-0.15, -0.1) is 0 Å². The van der Waals surface area contributed by atoms with Gasteiger partial charge in [0.15, 0.2) is 6.04 Å². The van der Waals surface area contributed by atoms with Gasteiger partial charge < -0.3 is 20.8 Å². The van der Waals surface area contributed by atoms with Crippen molar-refractivity contribution in [2.75, 3.05) is 6.54 Å². The predicted octanol–water partition coefficient (Wildman–Crippen LogP) is -1.62. The maximum absolute atomic E-state index is 11.4. The summed E-state index contributed by atoms with van der Waals surface area (Å²) in [6.07, 6.45) is -0.703. The molecule has 1 aliphatic rings. The van der Waals surface area contributed by atoms with E-state index in [0.29, 0.717) is 0 Å². The molecule has 0 saturated carbocycles. The van der Waals surface area contributed by atoms with Crippen LogP contribution in [0.5, 0.6) is 0 Å². The molecule has 6 heteroatoms. The SMILES string of the molecule is C[C@H](N)C(=O)N1CC[C@@H](O)[C@H]1C(=O)O. The smallest absolute Gasteiger partial charge is 0.329 e. The molecule has 1 rings (SSSR count). The fourth-order valence-corrected chi connectivity index (χ4v) is 1.58. The molecular weight excluding hydrogens is 188 g/mol. The average Bonchev–Trinajstić information content (AvgIpc) is 2.45. The Kier molecular flexibility index (Phi) is 3.07. The van der Waals surface area contributed by atoms with Crippen LogP contribution in [0.4, 0.5) is 0 Å². The summed E-state index contributed by atoms with van der Waals surface area (Å²) in [7, 11) is 0. The molecule has 6 nitrogen and oxygen atoms in total. The zero-order valence-corrected chi connectivity index (χ0v) is 7.88. The van der Waals surface area contributed by atoms with E-state index in [1.165, 1.54) is 6.92 Å². The predicted molar refractivity (Wildman–Crippen MR) is 47.4 cm³/mol. The molecule has 1 heterocycles. The van der Waals surface area contributed by atoms with Crippen LogP contribution in [0.2, 0.25) is 0 Å². The number of hydrogen-bond acceptors (Lipinski definition) is 4. The molecule has 0 radical (unpaired) electrons. The molecule has 0 bridgehead atoms. The van der Waals surface area contributed by atoms with Crippen LogP contribution in [-0.4, -0.2) is 51.7 Å². The molecule has 0 aliphatic carbocycles. The van der Waals surface area contributed by atoms with Crippen molar-refractivity contribution in [1.29, 1.82) is 0 Å². The Morgan fingerprint density at radius 3 is 2.57 bits per heavy atom. The topological polar surface area (TPSA) is 104 Å². The van der Waals surface area contributed by atoms with Crippen molar-refractivity contribution < 1.29 is 19.8 Å². The van der Waals surface area contributed by atoms with E-state index in [4.69, 9.17) is 10.8 Å². The molecule has 0 spiro atoms. The van der Waals surface area contributed by atoms with E-state index in [1.54, 1.807) is 0 Å². The zero-order chi connectivity index (χ0) is 10.9. The van der Waals surface area contributed by atoms with E-state index in [2.05, 4.69) is 0 Å². The second-order valence-electron chi connectivity index (χ2n) is 3.46. The number of nitrogens with two attached hydrogens (primary N) is 1. The molecule has 1 aliphatic heterocycles. The third-order valence-electron chi connectivity index (χ3n) is 2.29. The minimum Gasteiger partial charge on any atom is -0.480 e. The lowest BCUT2D eigenvalue weighted by molar-refractivity contribution is -0.151. The van der Waals surface area contributed by atoms with Crippen molar-refractivity contribution >= 4 is 11.9 Å². The molecule has 1 saturated heterocycles. The van der Waals surface area contributed by atoms with Gasteiger partial charge in [0.25, 0.3) is 0 Å². The first-order chi connectivity index (χ1) is 6.45. The Morgan fingerprint density at radius 1 is 1.57 bits per heavy atom. The van der Waals surface area contributed by atoms with Crippen LogP contribution in [0.1, 0.15) is 13.3 Å². The second kappa shape index (κ2) is 3.93. The van der Waals surface area contributed by atoms with Gasteiger partial charge in [-0.25, -0.2) is 4.79 Å². The van der Waals surface area contributed by atoms with E-state index in [0.717, 1.165) is 4.90 Å². The third-order valence-corrected chi connectivity index (χ3v) is 2.29. The largest absolute Gasteiger partial charge is 0.480 e. The quantitative estimate of drug-likeness (QED) is 0.499. The van der Waals surface area contributed by atoms with Gasteiger partial charge in [-0.2, -0.15) is 0 Å². The zero-order valence-electron chi connectivity index (χ0n) is 7.88. The first-order valence-corrected chi connectivity index (χ1v) is 4.42. The maximum atomic E-state index is 11.4. The van der Waals surface area contributed by atoms with Crippen molar-refractivity contribution in [3.8, 4) is 0 Å². The molecule has 0 aromatic rings. The fourth-order valence-electron chi connectivity index (χ4n) is 1.58. The average molecular weight is 202 g/mol. The highest BCUT2D eigenvalue weighted by molar-refractivity contribution is 5.87. The van der Waals surface area contributed by atoms with Gasteiger partial charge in [0.05, 0.1) is 12.1 Å². The van der Waals surface area contributed by atoms with Crippen molar-refractivity contribution in [1.82, 2.24) is 4.90 Å². The minimum atomic E-state index is -1.19. The molecule has 80 valence electrons. The summed E-state index contributed by atoms with van der Waals surface area (Å²) in [4.78, 5) is 23.3. The highest BCUT2D eigenvalue weighted by Gasteiger charge is 2.41. The number of nitrogens with zero attached hydrogens (tertiary/aromatic N) is 1. The summed E-state index contributed by atoms with van der Waals surface area (Å²) in [6, 6.07) is -1.88. The van der Waals surface area contributed by atoms with Crippen LogP contribution >= 0.6 is 0 Å². The van der Waals surface area contributed by atoms with Crippen LogP contribution < -0.4 is 5.73 Å². The van der Waals surface area contributed by atoms with Crippen molar-refractivity contribution in [3.63, 3.8) is 0 Å². The molecule has 1 amide bonds. The number of aliphatic carboxylic acids is 1. The van der Waals surface area contributed by atoms with Gasteiger partial charge in [0.2, 0.25) is 5.91 Å². The lowest BCUT2D eigenvalue weighted by atomic mass is 10.1. The number of carbonyl (C=O) groups excluding carboxylic acids is 1. The lowest BCUT2D eigenvalue weighted by Crippen LogP contribution is -2.50. The number of likely N-dealkylation sites (tertiary alicyclic amines) is 1. The summed E-state index contributed by atoms with van der Waals surface area (Å²) in [5.41, 5.74) is 5.36. The third kappa shape index (κ3) is 1.85. The normalized spacial score (nSPS) is 28.9. The summed E-state index contributed by atoms with van der Waals surface area (Å²) in [6.45, 7) is 1.74. The molecule has 0 aromatic carbocycles. The molecule has 0 unspecified atom stereocenters. The van der Waals surface area contributed by atoms with Crippen molar-refractivity contribution in [2.24, 2.45) is 5.73 Å². The number of amides is 1. The van der Waals surface area contributed by atoms with Gasteiger partial charge in [0.1, 0.15) is 0 Å². The standard InChI is InChI=1S/C8H14N2O4/c1-4(9)7(12)10-3-2-5(11)6(10)8(13)14/h4-6,11H,2-3,9H2,1H3,(H,13,14)/t4-,5+,6-/m0/s1. The summed E-state index contributed by atoms with van der Waals surface area (Å²) in [5.74, 6) is -1.63. The van der Waals surface area contributed by atoms with Gasteiger partial charge in [-0.3, -0.25) is 4.79 Å².